The van der Waals surface area contributed by atoms with Crippen molar-refractivity contribution >= 4 is 9.84 Å². The van der Waals surface area contributed by atoms with E-state index in [4.69, 9.17) is 0 Å². The third kappa shape index (κ3) is 4.11. The monoisotopic (exact) mass is 391 g/mol. The molecule has 5 nitrogen and oxygen atoms in total. The number of allylic oxidation sites excluding steroid dienone is 1. The van der Waals surface area contributed by atoms with E-state index in [1.165, 1.54) is 19.1 Å². The van der Waals surface area contributed by atoms with Crippen molar-refractivity contribution in [3.63, 3.8) is 0 Å². The molecule has 0 N–H and O–H groups in total. The molecule has 0 spiro atoms. The minimum absolute atomic E-state index is 0.166. The van der Waals surface area contributed by atoms with Crippen LogP contribution in [0.5, 0.6) is 0 Å². The highest BCUT2D eigenvalue weighted by Crippen LogP contribution is 2.41. The highest BCUT2D eigenvalue weighted by atomic mass is 32.2. The van der Waals surface area contributed by atoms with Gasteiger partial charge in [-0.3, -0.25) is 10.1 Å². The van der Waals surface area contributed by atoms with Crippen LogP contribution in [0.4, 0.5) is 26.3 Å². The van der Waals surface area contributed by atoms with E-state index in [1.807, 2.05) is 0 Å². The van der Waals surface area contributed by atoms with Crippen LogP contribution in [-0.2, 0) is 9.84 Å². The Kier molecular flexibility index (Phi) is 5.29. The number of aryl methyl sites for hydroxylation is 1. The van der Waals surface area contributed by atoms with Crippen LogP contribution in [0.2, 0.25) is 0 Å². The average molecular weight is 391 g/mol. The summed E-state index contributed by atoms with van der Waals surface area (Å²) >= 11 is 0. The lowest BCUT2D eigenvalue weighted by Crippen LogP contribution is -2.44. The largest absolute Gasteiger partial charge is 0.421 e. The predicted octanol–water partition coefficient (Wildman–Crippen LogP) is 3.81. The molecule has 1 atom stereocenters. The first-order valence-corrected chi connectivity index (χ1v) is 7.85. The van der Waals surface area contributed by atoms with E-state index >= 15 is 0 Å². The van der Waals surface area contributed by atoms with Gasteiger partial charge in [0.25, 0.3) is 9.84 Å². The Morgan fingerprint density at radius 2 is 1.44 bits per heavy atom. The summed E-state index contributed by atoms with van der Waals surface area (Å²) in [6.07, 6.45) is -13.0. The Bertz CT molecular complexity index is 779. The molecule has 0 heterocycles. The van der Waals surface area contributed by atoms with Gasteiger partial charge in [-0.15, -0.1) is 0 Å². The summed E-state index contributed by atoms with van der Waals surface area (Å²) < 4.78 is 101. The number of nitrogens with zero attached hydrogens (tertiary/aromatic N) is 1. The van der Waals surface area contributed by atoms with Crippen molar-refractivity contribution in [3.05, 3.63) is 51.6 Å². The molecule has 0 aliphatic rings. The Hall–Kier alpha value is -2.11. The van der Waals surface area contributed by atoms with Gasteiger partial charge in [0.15, 0.2) is 0 Å². The zero-order valence-electron chi connectivity index (χ0n) is 12.6. The Morgan fingerprint density at radius 1 is 1.04 bits per heavy atom. The number of benzene rings is 1. The Balaban J connectivity index is 3.74. The molecule has 1 aromatic rings. The lowest BCUT2D eigenvalue weighted by Gasteiger charge is -2.22. The molecule has 0 amide bonds. The van der Waals surface area contributed by atoms with Gasteiger partial charge in [0.1, 0.15) is 5.57 Å². The van der Waals surface area contributed by atoms with Crippen LogP contribution in [0.3, 0.4) is 0 Å². The highest BCUT2D eigenvalue weighted by Gasteiger charge is 2.58. The molecule has 140 valence electrons. The van der Waals surface area contributed by atoms with Gasteiger partial charge in [0.05, 0.1) is 4.90 Å². The van der Waals surface area contributed by atoms with Gasteiger partial charge >= 0.3 is 17.2 Å². The van der Waals surface area contributed by atoms with Crippen molar-refractivity contribution in [1.82, 2.24) is 0 Å². The molecule has 0 radical (unpaired) electrons. The molecule has 0 bridgehead atoms. The molecule has 25 heavy (non-hydrogen) atoms. The number of alkyl halides is 6. The molecular formula is C13H11F6NO4S. The zero-order chi connectivity index (χ0) is 19.8. The maximum Gasteiger partial charge on any atom is 0.421 e. The smallest absolute Gasteiger partial charge is 0.263 e. The summed E-state index contributed by atoms with van der Waals surface area (Å²) in [5.74, 6) is 0. The maximum absolute atomic E-state index is 12.6. The van der Waals surface area contributed by atoms with Crippen molar-refractivity contribution in [3.8, 4) is 0 Å². The number of rotatable bonds is 4. The van der Waals surface area contributed by atoms with E-state index in [0.717, 1.165) is 12.1 Å². The number of nitro groups is 1. The van der Waals surface area contributed by atoms with Gasteiger partial charge in [0.2, 0.25) is 0 Å². The van der Waals surface area contributed by atoms with Gasteiger partial charge in [-0.1, -0.05) is 17.7 Å². The van der Waals surface area contributed by atoms with Crippen LogP contribution in [0.15, 0.2) is 40.8 Å². The van der Waals surface area contributed by atoms with E-state index in [-0.39, 0.29) is 6.92 Å². The first-order chi connectivity index (χ1) is 11.0. The molecule has 1 rings (SSSR count). The van der Waals surface area contributed by atoms with Gasteiger partial charge in [-0.25, -0.2) is 8.42 Å². The third-order valence-corrected chi connectivity index (χ3v) is 5.51. The summed E-state index contributed by atoms with van der Waals surface area (Å²) in [4.78, 5) is 4.98. The van der Waals surface area contributed by atoms with Crippen molar-refractivity contribution < 1.29 is 39.7 Å². The van der Waals surface area contributed by atoms with E-state index in [2.05, 4.69) is 0 Å². The van der Waals surface area contributed by atoms with Crippen LogP contribution >= 0.6 is 0 Å². The van der Waals surface area contributed by atoms with Crippen molar-refractivity contribution in [2.45, 2.75) is 36.0 Å². The number of hydrogen-bond donors (Lipinski definition) is 0. The van der Waals surface area contributed by atoms with Crippen LogP contribution in [0.25, 0.3) is 0 Å². The third-order valence-electron chi connectivity index (χ3n) is 3.26. The van der Waals surface area contributed by atoms with Gasteiger partial charge in [0, 0.05) is 17.9 Å². The van der Waals surface area contributed by atoms with Crippen molar-refractivity contribution in [2.24, 2.45) is 0 Å². The minimum Gasteiger partial charge on any atom is -0.263 e. The fourth-order valence-corrected chi connectivity index (χ4v) is 3.22. The second-order valence-corrected chi connectivity index (χ2v) is 7.49. The molecule has 0 saturated carbocycles. The lowest BCUT2D eigenvalue weighted by atomic mass is 10.1. The fourth-order valence-electron chi connectivity index (χ4n) is 1.78. The summed E-state index contributed by atoms with van der Waals surface area (Å²) in [7, 11) is -5.21. The summed E-state index contributed by atoms with van der Waals surface area (Å²) in [5, 5.41) is 11.1. The Labute approximate surface area is 138 Å². The molecule has 1 aromatic carbocycles. The van der Waals surface area contributed by atoms with Crippen LogP contribution in [-0.4, -0.2) is 30.6 Å². The number of sulfone groups is 1. The van der Waals surface area contributed by atoms with Crippen molar-refractivity contribution in [2.75, 3.05) is 0 Å². The van der Waals surface area contributed by atoms with Crippen molar-refractivity contribution in [1.29, 1.82) is 0 Å². The summed E-state index contributed by atoms with van der Waals surface area (Å²) in [5.41, 5.74) is -2.74. The van der Waals surface area contributed by atoms with Crippen LogP contribution in [0, 0.1) is 17.0 Å². The topological polar surface area (TPSA) is 77.3 Å². The van der Waals surface area contributed by atoms with Gasteiger partial charge in [-0.2, -0.15) is 26.3 Å². The molecule has 1 unspecified atom stereocenters. The van der Waals surface area contributed by atoms with Gasteiger partial charge < -0.3 is 0 Å². The molecule has 0 aliphatic carbocycles. The Morgan fingerprint density at radius 3 is 1.76 bits per heavy atom. The van der Waals surface area contributed by atoms with Crippen LogP contribution in [0.1, 0.15) is 12.5 Å². The molecule has 0 aliphatic heterocycles. The minimum atomic E-state index is -6.03. The number of hydrogen-bond acceptors (Lipinski definition) is 4. The number of halogens is 6. The second kappa shape index (κ2) is 6.32. The second-order valence-electron chi connectivity index (χ2n) is 5.18. The zero-order valence-corrected chi connectivity index (χ0v) is 13.5. The quantitative estimate of drug-likeness (QED) is 0.338. The first kappa shape index (κ1) is 20.9. The fraction of sp³-hybridized carbons (Fsp3) is 0.385. The molecular weight excluding hydrogens is 380 g/mol. The lowest BCUT2D eigenvalue weighted by molar-refractivity contribution is -0.522. The standard InChI is InChI=1S/C13H11F6NO4S/c1-8-3-5-9(6-4-8)25(23,24)11(2,20(21)22)7-10(12(14,15)16)13(17,18)19/h3-7H,1-2H3. The predicted molar refractivity (Wildman–Crippen MR) is 74.0 cm³/mol. The summed E-state index contributed by atoms with van der Waals surface area (Å²) in [6, 6.07) is 4.12. The van der Waals surface area contributed by atoms with E-state index in [1.54, 1.807) is 0 Å². The van der Waals surface area contributed by atoms with E-state index in [0.29, 0.717) is 5.56 Å². The molecule has 0 fully saturated rings. The van der Waals surface area contributed by atoms with E-state index in [9.17, 15) is 44.9 Å². The SMILES string of the molecule is Cc1ccc(S(=O)(=O)C(C)(C=C(C(F)(F)F)C(F)(F)F)[N+](=O)[O-])cc1. The summed E-state index contributed by atoms with van der Waals surface area (Å²) in [6.45, 7) is 1.70. The first-order valence-electron chi connectivity index (χ1n) is 6.36. The normalized spacial score (nSPS) is 15.4. The van der Waals surface area contributed by atoms with Crippen LogP contribution < -0.4 is 0 Å². The van der Waals surface area contributed by atoms with Gasteiger partial charge in [-0.05, 0) is 19.1 Å². The molecule has 0 aromatic heterocycles. The maximum atomic E-state index is 12.6. The highest BCUT2D eigenvalue weighted by molar-refractivity contribution is 7.92. The molecule has 0 saturated heterocycles. The average Bonchev–Trinajstić information content (AvgIpc) is 2.42. The molecule has 12 heteroatoms. The van der Waals surface area contributed by atoms with E-state index < -0.39 is 48.5 Å².